The Morgan fingerprint density at radius 2 is 2.13 bits per heavy atom. The first kappa shape index (κ1) is 10.6. The van der Waals surface area contributed by atoms with Gasteiger partial charge in [-0.2, -0.15) is 0 Å². The molecule has 2 rings (SSSR count). The summed E-state index contributed by atoms with van der Waals surface area (Å²) < 4.78 is 6.10. The lowest BCUT2D eigenvalue weighted by Gasteiger charge is -1.89. The Morgan fingerprint density at radius 3 is 2.60 bits per heavy atom. The number of hydrogen-bond acceptors (Lipinski definition) is 3. The molecule has 0 radical (unpaired) electrons. The number of hydrogen-bond donors (Lipinski definition) is 0. The van der Waals surface area contributed by atoms with Gasteiger partial charge in [0.25, 0.3) is 0 Å². The molecular weight excluding hydrogens is 276 g/mol. The van der Waals surface area contributed by atoms with Crippen LogP contribution in [0.1, 0.15) is 25.9 Å². The van der Waals surface area contributed by atoms with Crippen LogP contribution in [0.3, 0.4) is 0 Å². The van der Waals surface area contributed by atoms with E-state index in [9.17, 15) is 4.79 Å². The number of ketones is 1. The van der Waals surface area contributed by atoms with E-state index >= 15 is 0 Å². The Labute approximate surface area is 100 Å². The fourth-order valence-corrected chi connectivity index (χ4v) is 2.77. The lowest BCUT2D eigenvalue weighted by molar-refractivity contribution is 0.104. The molecule has 2 aromatic rings. The summed E-state index contributed by atoms with van der Waals surface area (Å²) in [4.78, 5) is 13.8. The second-order valence-corrected chi connectivity index (χ2v) is 5.40. The van der Waals surface area contributed by atoms with E-state index in [0.717, 1.165) is 20.0 Å². The van der Waals surface area contributed by atoms with Gasteiger partial charge in [0, 0.05) is 9.35 Å². The van der Waals surface area contributed by atoms with E-state index in [1.54, 1.807) is 6.07 Å². The van der Waals surface area contributed by atoms with Crippen molar-refractivity contribution in [2.75, 3.05) is 0 Å². The van der Waals surface area contributed by atoms with Crippen LogP contribution in [0, 0.1) is 13.8 Å². The molecular formula is C11H9BrO2S. The van der Waals surface area contributed by atoms with E-state index < -0.39 is 0 Å². The SMILES string of the molecule is Cc1cc(C(=O)c2cc(Br)c(C)s2)co1. The first-order valence-electron chi connectivity index (χ1n) is 4.43. The van der Waals surface area contributed by atoms with Crippen LogP contribution in [0.15, 0.2) is 27.3 Å². The van der Waals surface area contributed by atoms with Crippen molar-refractivity contribution in [1.82, 2.24) is 0 Å². The van der Waals surface area contributed by atoms with Gasteiger partial charge in [-0.1, -0.05) is 0 Å². The first-order chi connectivity index (χ1) is 7.08. The second kappa shape index (κ2) is 3.94. The topological polar surface area (TPSA) is 30.2 Å². The van der Waals surface area contributed by atoms with Crippen LogP contribution in [0.25, 0.3) is 0 Å². The molecule has 0 aliphatic carbocycles. The van der Waals surface area contributed by atoms with Gasteiger partial charge in [-0.05, 0) is 41.9 Å². The molecule has 0 spiro atoms. The summed E-state index contributed by atoms with van der Waals surface area (Å²) in [5.41, 5.74) is 0.612. The summed E-state index contributed by atoms with van der Waals surface area (Å²) >= 11 is 4.89. The highest BCUT2D eigenvalue weighted by Crippen LogP contribution is 2.28. The highest BCUT2D eigenvalue weighted by Gasteiger charge is 2.15. The van der Waals surface area contributed by atoms with Crippen LogP contribution in [-0.2, 0) is 0 Å². The molecule has 4 heteroatoms. The van der Waals surface area contributed by atoms with Crippen molar-refractivity contribution < 1.29 is 9.21 Å². The van der Waals surface area contributed by atoms with E-state index in [4.69, 9.17) is 4.42 Å². The van der Waals surface area contributed by atoms with Gasteiger partial charge < -0.3 is 4.42 Å². The number of halogens is 1. The summed E-state index contributed by atoms with van der Waals surface area (Å²) in [5.74, 6) is 0.774. The molecule has 0 aliphatic heterocycles. The zero-order chi connectivity index (χ0) is 11.0. The molecule has 0 unspecified atom stereocenters. The molecule has 2 aromatic heterocycles. The zero-order valence-electron chi connectivity index (χ0n) is 8.33. The van der Waals surface area contributed by atoms with Crippen LogP contribution in [-0.4, -0.2) is 5.78 Å². The lowest BCUT2D eigenvalue weighted by Crippen LogP contribution is -1.95. The maximum atomic E-state index is 12.0. The molecule has 15 heavy (non-hydrogen) atoms. The van der Waals surface area contributed by atoms with Crippen molar-refractivity contribution in [3.8, 4) is 0 Å². The van der Waals surface area contributed by atoms with Crippen molar-refractivity contribution in [2.24, 2.45) is 0 Å². The molecule has 78 valence electrons. The van der Waals surface area contributed by atoms with Crippen molar-refractivity contribution in [3.05, 3.63) is 43.9 Å². The summed E-state index contributed by atoms with van der Waals surface area (Å²) in [6, 6.07) is 3.61. The Kier molecular flexibility index (Phi) is 2.80. The van der Waals surface area contributed by atoms with Gasteiger partial charge in [-0.15, -0.1) is 11.3 Å². The maximum Gasteiger partial charge on any atom is 0.206 e. The van der Waals surface area contributed by atoms with Gasteiger partial charge in [-0.25, -0.2) is 0 Å². The third-order valence-corrected chi connectivity index (χ3v) is 4.21. The van der Waals surface area contributed by atoms with Gasteiger partial charge in [0.2, 0.25) is 5.78 Å². The van der Waals surface area contributed by atoms with E-state index in [1.807, 2.05) is 19.9 Å². The minimum absolute atomic E-state index is 0.0191. The molecule has 0 saturated carbocycles. The second-order valence-electron chi connectivity index (χ2n) is 3.29. The fraction of sp³-hybridized carbons (Fsp3) is 0.182. The third-order valence-electron chi connectivity index (χ3n) is 2.07. The minimum Gasteiger partial charge on any atom is -0.469 e. The predicted octanol–water partition coefficient (Wildman–Crippen LogP) is 3.95. The summed E-state index contributed by atoms with van der Waals surface area (Å²) in [6.45, 7) is 3.80. The van der Waals surface area contributed by atoms with E-state index in [2.05, 4.69) is 15.9 Å². The molecule has 2 heterocycles. The molecule has 0 aliphatic rings. The van der Waals surface area contributed by atoms with E-state index in [0.29, 0.717) is 5.56 Å². The van der Waals surface area contributed by atoms with Gasteiger partial charge in [0.15, 0.2) is 0 Å². The number of carbonyl (C=O) groups excluding carboxylic acids is 1. The Hall–Kier alpha value is -0.870. The average molecular weight is 285 g/mol. The van der Waals surface area contributed by atoms with Crippen LogP contribution >= 0.6 is 27.3 Å². The highest BCUT2D eigenvalue weighted by molar-refractivity contribution is 9.10. The van der Waals surface area contributed by atoms with Crippen LogP contribution in [0.5, 0.6) is 0 Å². The van der Waals surface area contributed by atoms with Crippen molar-refractivity contribution in [3.63, 3.8) is 0 Å². The molecule has 0 saturated heterocycles. The zero-order valence-corrected chi connectivity index (χ0v) is 10.7. The Bertz CT molecular complexity index is 491. The smallest absolute Gasteiger partial charge is 0.206 e. The highest BCUT2D eigenvalue weighted by atomic mass is 79.9. The average Bonchev–Trinajstić information content (AvgIpc) is 2.74. The monoisotopic (exact) mass is 284 g/mol. The van der Waals surface area contributed by atoms with Crippen LogP contribution in [0.2, 0.25) is 0 Å². The van der Waals surface area contributed by atoms with Gasteiger partial charge in [-0.3, -0.25) is 4.79 Å². The van der Waals surface area contributed by atoms with E-state index in [-0.39, 0.29) is 5.78 Å². The molecule has 0 bridgehead atoms. The van der Waals surface area contributed by atoms with Crippen molar-refractivity contribution in [2.45, 2.75) is 13.8 Å². The Morgan fingerprint density at radius 1 is 1.40 bits per heavy atom. The fourth-order valence-electron chi connectivity index (χ4n) is 1.28. The molecule has 0 amide bonds. The third kappa shape index (κ3) is 2.06. The van der Waals surface area contributed by atoms with Crippen LogP contribution in [0.4, 0.5) is 0 Å². The van der Waals surface area contributed by atoms with Gasteiger partial charge >= 0.3 is 0 Å². The predicted molar refractivity (Wildman–Crippen MR) is 63.6 cm³/mol. The number of furan rings is 1. The summed E-state index contributed by atoms with van der Waals surface area (Å²) in [5, 5.41) is 0. The minimum atomic E-state index is 0.0191. The standard InChI is InChI=1S/C11H9BrO2S/c1-6-3-8(5-14-6)11(13)10-4-9(12)7(2)15-10/h3-5H,1-2H3. The van der Waals surface area contributed by atoms with E-state index in [1.165, 1.54) is 17.6 Å². The van der Waals surface area contributed by atoms with Gasteiger partial charge in [0.1, 0.15) is 12.0 Å². The number of carbonyl (C=O) groups is 1. The molecule has 0 atom stereocenters. The Balaban J connectivity index is 2.36. The molecule has 2 nitrogen and oxygen atoms in total. The quantitative estimate of drug-likeness (QED) is 0.782. The van der Waals surface area contributed by atoms with Crippen LogP contribution < -0.4 is 0 Å². The summed E-state index contributed by atoms with van der Waals surface area (Å²) in [6.07, 6.45) is 1.50. The largest absolute Gasteiger partial charge is 0.469 e. The molecule has 0 fully saturated rings. The maximum absolute atomic E-state index is 12.0. The number of aryl methyl sites for hydroxylation is 2. The molecule has 0 N–H and O–H groups in total. The summed E-state index contributed by atoms with van der Waals surface area (Å²) in [7, 11) is 0. The van der Waals surface area contributed by atoms with Crippen molar-refractivity contribution >= 4 is 33.0 Å². The lowest BCUT2D eigenvalue weighted by atomic mass is 10.2. The van der Waals surface area contributed by atoms with Crippen molar-refractivity contribution in [1.29, 1.82) is 0 Å². The number of thiophene rings is 1. The number of rotatable bonds is 2. The first-order valence-corrected chi connectivity index (χ1v) is 6.04. The molecule has 0 aromatic carbocycles. The normalized spacial score (nSPS) is 10.6. The van der Waals surface area contributed by atoms with Gasteiger partial charge in [0.05, 0.1) is 10.4 Å².